The first-order chi connectivity index (χ1) is 5.38. The van der Waals surface area contributed by atoms with E-state index in [0.29, 0.717) is 0 Å². The molecule has 0 aromatic heterocycles. The van der Waals surface area contributed by atoms with Gasteiger partial charge in [-0.15, -0.1) is 0 Å². The van der Waals surface area contributed by atoms with Gasteiger partial charge in [-0.1, -0.05) is 6.58 Å². The van der Waals surface area contributed by atoms with Gasteiger partial charge in [-0.25, -0.2) is 8.42 Å². The van der Waals surface area contributed by atoms with Crippen LogP contribution >= 0.6 is 0 Å². The third-order valence-electron chi connectivity index (χ3n) is 1.23. The van der Waals surface area contributed by atoms with Gasteiger partial charge in [0, 0.05) is 7.05 Å². The highest BCUT2D eigenvalue weighted by molar-refractivity contribution is 7.88. The highest BCUT2D eigenvalue weighted by atomic mass is 32.2. The summed E-state index contributed by atoms with van der Waals surface area (Å²) in [6, 6.07) is 0. The van der Waals surface area contributed by atoms with Gasteiger partial charge in [0.25, 0.3) is 0 Å². The van der Waals surface area contributed by atoms with Crippen LogP contribution < -0.4 is 5.32 Å². The van der Waals surface area contributed by atoms with Gasteiger partial charge < -0.3 is 5.32 Å². The predicted octanol–water partition coefficient (Wildman–Crippen LogP) is -0.862. The normalized spacial score (nSPS) is 11.2. The lowest BCUT2D eigenvalue weighted by atomic mass is 10.6. The monoisotopic (exact) mass is 192 g/mol. The van der Waals surface area contributed by atoms with Crippen LogP contribution in [0.15, 0.2) is 12.7 Å². The fraction of sp³-hybridized carbons (Fsp3) is 0.500. The van der Waals surface area contributed by atoms with Crippen LogP contribution in [-0.4, -0.2) is 38.6 Å². The Morgan fingerprint density at radius 1 is 1.67 bits per heavy atom. The van der Waals surface area contributed by atoms with Gasteiger partial charge in [-0.2, -0.15) is 4.31 Å². The Bertz CT molecular complexity index is 271. The van der Waals surface area contributed by atoms with Crippen molar-refractivity contribution in [3.05, 3.63) is 12.7 Å². The molecule has 0 saturated heterocycles. The number of carbonyl (C=O) groups is 1. The molecule has 0 aliphatic heterocycles. The molecule has 0 unspecified atom stereocenters. The number of hydrogen-bond acceptors (Lipinski definition) is 3. The average molecular weight is 192 g/mol. The molecule has 1 amide bonds. The van der Waals surface area contributed by atoms with Crippen LogP contribution in [0.4, 0.5) is 0 Å². The number of rotatable bonds is 4. The van der Waals surface area contributed by atoms with E-state index in [1.54, 1.807) is 0 Å². The molecule has 0 aliphatic rings. The number of nitrogens with zero attached hydrogens (tertiary/aromatic N) is 1. The lowest BCUT2D eigenvalue weighted by Crippen LogP contribution is -2.37. The molecular formula is C6H12N2O3S. The third kappa shape index (κ3) is 4.09. The molecular weight excluding hydrogens is 180 g/mol. The predicted molar refractivity (Wildman–Crippen MR) is 45.8 cm³/mol. The Hall–Kier alpha value is -0.880. The largest absolute Gasteiger partial charge is 0.339 e. The molecule has 0 aromatic carbocycles. The van der Waals surface area contributed by atoms with Crippen molar-refractivity contribution in [2.45, 2.75) is 0 Å². The molecule has 0 fully saturated rings. The highest BCUT2D eigenvalue weighted by Crippen LogP contribution is 1.88. The zero-order valence-electron chi connectivity index (χ0n) is 7.07. The second-order valence-electron chi connectivity index (χ2n) is 2.26. The lowest BCUT2D eigenvalue weighted by Gasteiger charge is -2.13. The molecule has 6 heteroatoms. The average Bonchev–Trinajstić information content (AvgIpc) is 1.97. The van der Waals surface area contributed by atoms with Crippen molar-refractivity contribution in [1.29, 1.82) is 0 Å². The summed E-state index contributed by atoms with van der Waals surface area (Å²) >= 11 is 0. The first kappa shape index (κ1) is 11.1. The maximum Gasteiger partial charge on any atom is 0.244 e. The Morgan fingerprint density at radius 3 is 2.50 bits per heavy atom. The minimum Gasteiger partial charge on any atom is -0.339 e. The summed E-state index contributed by atoms with van der Waals surface area (Å²) in [7, 11) is -1.85. The van der Waals surface area contributed by atoms with E-state index in [2.05, 4.69) is 11.9 Å². The van der Waals surface area contributed by atoms with Crippen LogP contribution in [-0.2, 0) is 14.8 Å². The zero-order valence-corrected chi connectivity index (χ0v) is 7.89. The standard InChI is InChI=1S/C6H12N2O3S/c1-4-6(9)7-5-8(2)12(3,10)11/h4H,1,5H2,2-3H3,(H,7,9). The van der Waals surface area contributed by atoms with Crippen LogP contribution in [0.5, 0.6) is 0 Å². The number of amides is 1. The van der Waals surface area contributed by atoms with Crippen molar-refractivity contribution < 1.29 is 13.2 Å². The topological polar surface area (TPSA) is 66.5 Å². The highest BCUT2D eigenvalue weighted by Gasteiger charge is 2.09. The van der Waals surface area contributed by atoms with E-state index in [9.17, 15) is 13.2 Å². The molecule has 0 heterocycles. The SMILES string of the molecule is C=CC(=O)NCN(C)S(C)(=O)=O. The molecule has 0 rings (SSSR count). The van der Waals surface area contributed by atoms with Crippen molar-refractivity contribution in [2.75, 3.05) is 20.0 Å². The van der Waals surface area contributed by atoms with Crippen molar-refractivity contribution >= 4 is 15.9 Å². The van der Waals surface area contributed by atoms with Crippen LogP contribution in [0.2, 0.25) is 0 Å². The summed E-state index contributed by atoms with van der Waals surface area (Å²) in [5.41, 5.74) is 0. The van der Waals surface area contributed by atoms with E-state index in [1.807, 2.05) is 0 Å². The van der Waals surface area contributed by atoms with Gasteiger partial charge in [-0.05, 0) is 6.08 Å². The summed E-state index contributed by atoms with van der Waals surface area (Å²) in [6.45, 7) is 3.18. The Morgan fingerprint density at radius 2 is 2.17 bits per heavy atom. The number of nitrogens with one attached hydrogen (secondary N) is 1. The molecule has 5 nitrogen and oxygen atoms in total. The molecule has 0 saturated carbocycles. The summed E-state index contributed by atoms with van der Waals surface area (Å²) in [6.07, 6.45) is 2.14. The fourth-order valence-electron chi connectivity index (χ4n) is 0.379. The maximum atomic E-state index is 10.8. The van der Waals surface area contributed by atoms with Crippen molar-refractivity contribution in [1.82, 2.24) is 9.62 Å². The molecule has 0 aliphatic carbocycles. The van der Waals surface area contributed by atoms with Crippen LogP contribution in [0.3, 0.4) is 0 Å². The molecule has 0 radical (unpaired) electrons. The van der Waals surface area contributed by atoms with Crippen LogP contribution in [0.25, 0.3) is 0 Å². The second-order valence-corrected chi connectivity index (χ2v) is 4.35. The number of sulfonamides is 1. The molecule has 0 atom stereocenters. The van der Waals surface area contributed by atoms with Crippen molar-refractivity contribution in [3.8, 4) is 0 Å². The molecule has 12 heavy (non-hydrogen) atoms. The number of carbonyl (C=O) groups excluding carboxylic acids is 1. The second kappa shape index (κ2) is 4.22. The molecule has 0 bridgehead atoms. The smallest absolute Gasteiger partial charge is 0.244 e. The van der Waals surface area contributed by atoms with E-state index in [1.165, 1.54) is 7.05 Å². The quantitative estimate of drug-likeness (QED) is 0.465. The minimum atomic E-state index is -3.22. The summed E-state index contributed by atoms with van der Waals surface area (Å²) < 4.78 is 22.6. The van der Waals surface area contributed by atoms with E-state index in [-0.39, 0.29) is 6.67 Å². The van der Waals surface area contributed by atoms with Gasteiger partial charge >= 0.3 is 0 Å². The van der Waals surface area contributed by atoms with E-state index >= 15 is 0 Å². The fourth-order valence-corrected chi connectivity index (χ4v) is 0.678. The van der Waals surface area contributed by atoms with Gasteiger partial charge in [0.1, 0.15) is 0 Å². The molecule has 0 spiro atoms. The Labute approximate surface area is 72.1 Å². The molecule has 1 N–H and O–H groups in total. The van der Waals surface area contributed by atoms with Crippen LogP contribution in [0.1, 0.15) is 0 Å². The van der Waals surface area contributed by atoms with Gasteiger partial charge in [0.05, 0.1) is 12.9 Å². The first-order valence-electron chi connectivity index (χ1n) is 3.19. The summed E-state index contributed by atoms with van der Waals surface area (Å²) in [5.74, 6) is -0.398. The first-order valence-corrected chi connectivity index (χ1v) is 5.04. The van der Waals surface area contributed by atoms with Crippen molar-refractivity contribution in [2.24, 2.45) is 0 Å². The lowest BCUT2D eigenvalue weighted by molar-refractivity contribution is -0.116. The van der Waals surface area contributed by atoms with Gasteiger partial charge in [0.15, 0.2) is 0 Å². The maximum absolute atomic E-state index is 10.8. The zero-order chi connectivity index (χ0) is 9.78. The van der Waals surface area contributed by atoms with E-state index < -0.39 is 15.9 Å². The van der Waals surface area contributed by atoms with Gasteiger partial charge in [-0.3, -0.25) is 4.79 Å². The van der Waals surface area contributed by atoms with E-state index in [4.69, 9.17) is 0 Å². The minimum absolute atomic E-state index is 0.0380. The number of hydrogen-bond donors (Lipinski definition) is 1. The van der Waals surface area contributed by atoms with Crippen LogP contribution in [0, 0.1) is 0 Å². The third-order valence-corrected chi connectivity index (χ3v) is 2.49. The Kier molecular flexibility index (Phi) is 3.91. The molecule has 0 aromatic rings. The summed E-state index contributed by atoms with van der Waals surface area (Å²) in [5, 5.41) is 2.33. The summed E-state index contributed by atoms with van der Waals surface area (Å²) in [4.78, 5) is 10.6. The molecule has 70 valence electrons. The van der Waals surface area contributed by atoms with E-state index in [0.717, 1.165) is 16.6 Å². The van der Waals surface area contributed by atoms with Gasteiger partial charge in [0.2, 0.25) is 15.9 Å². The Balaban J connectivity index is 3.96. The van der Waals surface area contributed by atoms with Crippen molar-refractivity contribution in [3.63, 3.8) is 0 Å².